The zero-order chi connectivity index (χ0) is 14.0. The van der Waals surface area contributed by atoms with Gasteiger partial charge in [-0.25, -0.2) is 8.42 Å². The van der Waals surface area contributed by atoms with Crippen LogP contribution in [-0.2, 0) is 10.0 Å². The van der Waals surface area contributed by atoms with Gasteiger partial charge in [-0.2, -0.15) is 0 Å². The molecule has 0 aliphatic heterocycles. The summed E-state index contributed by atoms with van der Waals surface area (Å²) in [4.78, 5) is 1.92. The highest BCUT2D eigenvalue weighted by Crippen LogP contribution is 2.29. The Balaban J connectivity index is 2.31. The van der Waals surface area contributed by atoms with E-state index in [0.29, 0.717) is 10.2 Å². The van der Waals surface area contributed by atoms with Crippen molar-refractivity contribution in [1.82, 2.24) is 0 Å². The Morgan fingerprint density at radius 3 is 2.58 bits per heavy atom. The van der Waals surface area contributed by atoms with Crippen LogP contribution in [0, 0.1) is 0 Å². The van der Waals surface area contributed by atoms with Gasteiger partial charge in [0.15, 0.2) is 4.21 Å². The van der Waals surface area contributed by atoms with Gasteiger partial charge in [-0.1, -0.05) is 6.07 Å². The molecule has 1 aromatic heterocycles. The molecule has 1 aromatic carbocycles. The average Bonchev–Trinajstić information content (AvgIpc) is 2.76. The number of anilines is 2. The van der Waals surface area contributed by atoms with Crippen LogP contribution in [-0.4, -0.2) is 22.5 Å². The van der Waals surface area contributed by atoms with Crippen molar-refractivity contribution in [2.24, 2.45) is 0 Å². The molecule has 0 aliphatic carbocycles. The van der Waals surface area contributed by atoms with Crippen molar-refractivity contribution in [3.8, 4) is 0 Å². The van der Waals surface area contributed by atoms with Gasteiger partial charge in [0.1, 0.15) is 0 Å². The van der Waals surface area contributed by atoms with Gasteiger partial charge < -0.3 is 4.90 Å². The molecule has 7 heteroatoms. The van der Waals surface area contributed by atoms with E-state index in [2.05, 4.69) is 20.7 Å². The van der Waals surface area contributed by atoms with Crippen LogP contribution in [0.4, 0.5) is 11.4 Å². The summed E-state index contributed by atoms with van der Waals surface area (Å²) in [5, 5.41) is 1.73. The molecule has 0 spiro atoms. The Bertz CT molecular complexity index is 681. The average molecular weight is 361 g/mol. The quantitative estimate of drug-likeness (QED) is 0.908. The van der Waals surface area contributed by atoms with Gasteiger partial charge in [0.05, 0.1) is 5.69 Å². The van der Waals surface area contributed by atoms with Crippen molar-refractivity contribution in [3.63, 3.8) is 0 Å². The second-order valence-corrected chi connectivity index (χ2v) is 7.75. The maximum atomic E-state index is 12.2. The fourth-order valence-corrected chi connectivity index (χ4v) is 4.91. The van der Waals surface area contributed by atoms with Crippen LogP contribution in [0.5, 0.6) is 0 Å². The Labute approximate surface area is 125 Å². The van der Waals surface area contributed by atoms with Gasteiger partial charge in [-0.15, -0.1) is 11.3 Å². The lowest BCUT2D eigenvalue weighted by atomic mass is 10.3. The summed E-state index contributed by atoms with van der Waals surface area (Å²) in [6, 6.07) is 8.97. The van der Waals surface area contributed by atoms with Crippen molar-refractivity contribution < 1.29 is 8.42 Å². The highest BCUT2D eigenvalue weighted by atomic mass is 79.9. The van der Waals surface area contributed by atoms with E-state index in [1.54, 1.807) is 23.6 Å². The molecule has 19 heavy (non-hydrogen) atoms. The molecule has 0 amide bonds. The molecule has 0 atom stereocenters. The molecule has 2 aromatic rings. The van der Waals surface area contributed by atoms with Crippen molar-refractivity contribution >= 4 is 48.7 Å². The van der Waals surface area contributed by atoms with E-state index in [1.807, 2.05) is 31.1 Å². The predicted octanol–water partition coefficient (Wildman–Crippen LogP) is 3.38. The summed E-state index contributed by atoms with van der Waals surface area (Å²) in [7, 11) is 0.272. The first-order chi connectivity index (χ1) is 8.90. The minimum absolute atomic E-state index is 0.280. The number of halogens is 1. The lowest BCUT2D eigenvalue weighted by Crippen LogP contribution is -2.13. The van der Waals surface area contributed by atoms with Gasteiger partial charge in [-0.3, -0.25) is 4.72 Å². The molecule has 4 nitrogen and oxygen atoms in total. The van der Waals surface area contributed by atoms with Crippen LogP contribution >= 0.6 is 27.3 Å². The fourth-order valence-electron chi connectivity index (χ4n) is 1.52. The minimum atomic E-state index is -3.54. The van der Waals surface area contributed by atoms with Crippen LogP contribution in [0.2, 0.25) is 0 Å². The first-order valence-electron chi connectivity index (χ1n) is 5.43. The van der Waals surface area contributed by atoms with E-state index in [4.69, 9.17) is 0 Å². The second kappa shape index (κ2) is 5.52. The van der Waals surface area contributed by atoms with E-state index in [9.17, 15) is 8.42 Å². The van der Waals surface area contributed by atoms with Crippen molar-refractivity contribution in [1.29, 1.82) is 0 Å². The molecular weight excluding hydrogens is 348 g/mol. The summed E-state index contributed by atoms with van der Waals surface area (Å²) in [5.41, 5.74) is 1.48. The number of nitrogens with zero attached hydrogens (tertiary/aromatic N) is 1. The first-order valence-corrected chi connectivity index (χ1v) is 8.59. The second-order valence-electron chi connectivity index (χ2n) is 4.11. The Morgan fingerprint density at radius 2 is 2.00 bits per heavy atom. The van der Waals surface area contributed by atoms with Gasteiger partial charge in [0.2, 0.25) is 0 Å². The lowest BCUT2D eigenvalue weighted by Gasteiger charge is -2.14. The van der Waals surface area contributed by atoms with E-state index < -0.39 is 10.0 Å². The number of rotatable bonds is 4. The SMILES string of the molecule is CN(C)c1cccc(NS(=O)(=O)c2sccc2Br)c1. The molecule has 1 heterocycles. The molecule has 0 unspecified atom stereocenters. The molecule has 0 bridgehead atoms. The highest BCUT2D eigenvalue weighted by molar-refractivity contribution is 9.10. The van der Waals surface area contributed by atoms with Crippen LogP contribution in [0.15, 0.2) is 44.4 Å². The van der Waals surface area contributed by atoms with Crippen LogP contribution in [0.1, 0.15) is 0 Å². The topological polar surface area (TPSA) is 49.4 Å². The number of hydrogen-bond acceptors (Lipinski definition) is 4. The Hall–Kier alpha value is -1.05. The van der Waals surface area contributed by atoms with Gasteiger partial charge in [0.25, 0.3) is 10.0 Å². The maximum Gasteiger partial charge on any atom is 0.272 e. The Kier molecular flexibility index (Phi) is 4.17. The van der Waals surface area contributed by atoms with Gasteiger partial charge in [0, 0.05) is 24.3 Å². The smallest absolute Gasteiger partial charge is 0.272 e. The number of sulfonamides is 1. The summed E-state index contributed by atoms with van der Waals surface area (Å²) >= 11 is 4.41. The summed E-state index contributed by atoms with van der Waals surface area (Å²) in [6.07, 6.45) is 0. The van der Waals surface area contributed by atoms with Crippen LogP contribution < -0.4 is 9.62 Å². The van der Waals surface area contributed by atoms with Crippen molar-refractivity contribution in [3.05, 3.63) is 40.2 Å². The summed E-state index contributed by atoms with van der Waals surface area (Å²) in [6.45, 7) is 0. The molecule has 0 fully saturated rings. The van der Waals surface area contributed by atoms with E-state index in [0.717, 1.165) is 5.69 Å². The third kappa shape index (κ3) is 3.29. The van der Waals surface area contributed by atoms with Crippen LogP contribution in [0.3, 0.4) is 0 Å². The minimum Gasteiger partial charge on any atom is -0.378 e. The molecule has 2 rings (SSSR count). The third-order valence-corrected chi connectivity index (χ3v) is 6.49. The van der Waals surface area contributed by atoms with E-state index in [1.165, 1.54) is 11.3 Å². The predicted molar refractivity (Wildman–Crippen MR) is 83.6 cm³/mol. The van der Waals surface area contributed by atoms with Gasteiger partial charge in [-0.05, 0) is 45.6 Å². The van der Waals surface area contributed by atoms with E-state index >= 15 is 0 Å². The number of benzene rings is 1. The fraction of sp³-hybridized carbons (Fsp3) is 0.167. The first kappa shape index (κ1) is 14.4. The third-order valence-electron chi connectivity index (χ3n) is 2.44. The lowest BCUT2D eigenvalue weighted by molar-refractivity contribution is 0.603. The normalized spacial score (nSPS) is 11.3. The molecule has 0 radical (unpaired) electrons. The largest absolute Gasteiger partial charge is 0.378 e. The maximum absolute atomic E-state index is 12.2. The zero-order valence-electron chi connectivity index (χ0n) is 10.4. The Morgan fingerprint density at radius 1 is 1.26 bits per heavy atom. The summed E-state index contributed by atoms with van der Waals surface area (Å²) in [5.74, 6) is 0. The van der Waals surface area contributed by atoms with Crippen LogP contribution in [0.25, 0.3) is 0 Å². The van der Waals surface area contributed by atoms with Crippen molar-refractivity contribution in [2.45, 2.75) is 4.21 Å². The molecule has 0 aliphatic rings. The summed E-state index contributed by atoms with van der Waals surface area (Å²) < 4.78 is 27.9. The molecule has 0 saturated carbocycles. The number of nitrogens with one attached hydrogen (secondary N) is 1. The van der Waals surface area contributed by atoms with Gasteiger partial charge >= 0.3 is 0 Å². The standard InChI is InChI=1S/C12H13BrN2O2S2/c1-15(2)10-5-3-4-9(8-10)14-19(16,17)12-11(13)6-7-18-12/h3-8,14H,1-2H3. The molecule has 1 N–H and O–H groups in total. The monoisotopic (exact) mass is 360 g/mol. The van der Waals surface area contributed by atoms with E-state index in [-0.39, 0.29) is 4.21 Å². The highest BCUT2D eigenvalue weighted by Gasteiger charge is 2.19. The zero-order valence-corrected chi connectivity index (χ0v) is 13.6. The molecular formula is C12H13BrN2O2S2. The number of hydrogen-bond donors (Lipinski definition) is 1. The molecule has 0 saturated heterocycles. The number of thiophene rings is 1. The molecule has 102 valence electrons. The van der Waals surface area contributed by atoms with Crippen molar-refractivity contribution in [2.75, 3.05) is 23.7 Å².